The maximum Gasteiger partial charge on any atom is 0.338 e. The first-order valence-electron chi connectivity index (χ1n) is 8.26. The monoisotopic (exact) mass is 391 g/mol. The molecule has 2 aromatic rings. The molecule has 0 spiro atoms. The molecule has 0 unspecified atom stereocenters. The van der Waals surface area contributed by atoms with Crippen LogP contribution in [0.25, 0.3) is 0 Å². The predicted octanol–water partition coefficient (Wildman–Crippen LogP) is 2.67. The minimum Gasteiger partial charge on any atom is -0.492 e. The molecule has 0 radical (unpaired) electrons. The van der Waals surface area contributed by atoms with Gasteiger partial charge in [-0.3, -0.25) is 4.79 Å². The van der Waals surface area contributed by atoms with E-state index in [2.05, 4.69) is 5.32 Å². The van der Waals surface area contributed by atoms with E-state index in [9.17, 15) is 18.0 Å². The first kappa shape index (κ1) is 20.4. The number of hydrogen-bond donors (Lipinski definition) is 1. The van der Waals surface area contributed by atoms with E-state index < -0.39 is 27.8 Å². The Morgan fingerprint density at radius 1 is 1.07 bits per heavy atom. The number of esters is 1. The van der Waals surface area contributed by atoms with E-state index in [1.165, 1.54) is 31.2 Å². The molecule has 1 amide bonds. The molecule has 0 saturated heterocycles. The SMILES string of the molecule is CCOc1ccccc1NC(=O)[C@@H](C)OC(=O)c1ccc(S(C)(=O)=O)cc1. The van der Waals surface area contributed by atoms with Gasteiger partial charge in [0.2, 0.25) is 0 Å². The first-order valence-corrected chi connectivity index (χ1v) is 10.1. The van der Waals surface area contributed by atoms with Gasteiger partial charge in [0.1, 0.15) is 5.75 Å². The van der Waals surface area contributed by atoms with Crippen LogP contribution in [0.2, 0.25) is 0 Å². The normalized spacial score (nSPS) is 12.1. The Kier molecular flexibility index (Phi) is 6.57. The van der Waals surface area contributed by atoms with Crippen LogP contribution < -0.4 is 10.1 Å². The third-order valence-corrected chi connectivity index (χ3v) is 4.74. The summed E-state index contributed by atoms with van der Waals surface area (Å²) in [6.07, 6.45) is 0.0223. The van der Waals surface area contributed by atoms with Gasteiger partial charge >= 0.3 is 5.97 Å². The number of para-hydroxylation sites is 2. The zero-order valence-electron chi connectivity index (χ0n) is 15.3. The fraction of sp³-hybridized carbons (Fsp3) is 0.263. The predicted molar refractivity (Wildman–Crippen MR) is 101 cm³/mol. The average molecular weight is 391 g/mol. The molecule has 0 heterocycles. The Morgan fingerprint density at radius 2 is 1.70 bits per heavy atom. The second-order valence-electron chi connectivity index (χ2n) is 5.76. The molecule has 0 aliphatic rings. The van der Waals surface area contributed by atoms with Gasteiger partial charge in [0, 0.05) is 6.26 Å². The Hall–Kier alpha value is -2.87. The summed E-state index contributed by atoms with van der Waals surface area (Å²) >= 11 is 0. The number of benzene rings is 2. The quantitative estimate of drug-likeness (QED) is 0.729. The van der Waals surface area contributed by atoms with Crippen LogP contribution in [0.1, 0.15) is 24.2 Å². The number of ether oxygens (including phenoxy) is 2. The lowest BCUT2D eigenvalue weighted by Gasteiger charge is -2.15. The van der Waals surface area contributed by atoms with Gasteiger partial charge in [0.15, 0.2) is 15.9 Å². The molecule has 0 fully saturated rings. The van der Waals surface area contributed by atoms with Crippen LogP contribution in [-0.4, -0.2) is 39.3 Å². The van der Waals surface area contributed by atoms with Crippen LogP contribution in [0.4, 0.5) is 5.69 Å². The number of amides is 1. The molecular formula is C19H21NO6S. The highest BCUT2D eigenvalue weighted by atomic mass is 32.2. The summed E-state index contributed by atoms with van der Waals surface area (Å²) < 4.78 is 33.5. The Labute approximate surface area is 158 Å². The first-order chi connectivity index (χ1) is 12.7. The molecule has 2 aromatic carbocycles. The van der Waals surface area contributed by atoms with Crippen molar-refractivity contribution in [3.05, 3.63) is 54.1 Å². The number of nitrogens with one attached hydrogen (secondary N) is 1. The molecule has 0 aromatic heterocycles. The van der Waals surface area contributed by atoms with Gasteiger partial charge in [-0.05, 0) is 50.2 Å². The van der Waals surface area contributed by atoms with E-state index in [-0.39, 0.29) is 10.5 Å². The number of hydrogen-bond acceptors (Lipinski definition) is 6. The van der Waals surface area contributed by atoms with E-state index in [1.807, 2.05) is 6.92 Å². The lowest BCUT2D eigenvalue weighted by molar-refractivity contribution is -0.123. The Bertz CT molecular complexity index is 921. The second kappa shape index (κ2) is 8.68. The minimum absolute atomic E-state index is 0.0948. The summed E-state index contributed by atoms with van der Waals surface area (Å²) in [5.74, 6) is -0.720. The van der Waals surface area contributed by atoms with Crippen molar-refractivity contribution in [2.75, 3.05) is 18.2 Å². The molecule has 0 aliphatic heterocycles. The second-order valence-corrected chi connectivity index (χ2v) is 7.78. The van der Waals surface area contributed by atoms with Crippen molar-refractivity contribution in [2.45, 2.75) is 24.8 Å². The van der Waals surface area contributed by atoms with Crippen LogP contribution in [0, 0.1) is 0 Å². The molecule has 0 bridgehead atoms. The number of sulfone groups is 1. The van der Waals surface area contributed by atoms with Gasteiger partial charge in [-0.15, -0.1) is 0 Å². The molecule has 1 atom stereocenters. The minimum atomic E-state index is -3.35. The average Bonchev–Trinajstić information content (AvgIpc) is 2.62. The summed E-state index contributed by atoms with van der Waals surface area (Å²) in [6.45, 7) is 3.72. The molecule has 0 saturated carbocycles. The Morgan fingerprint density at radius 3 is 2.30 bits per heavy atom. The van der Waals surface area contributed by atoms with E-state index >= 15 is 0 Å². The molecule has 2 rings (SSSR count). The van der Waals surface area contributed by atoms with Crippen molar-refractivity contribution >= 4 is 27.4 Å². The molecule has 8 heteroatoms. The third kappa shape index (κ3) is 5.55. The highest BCUT2D eigenvalue weighted by molar-refractivity contribution is 7.90. The fourth-order valence-electron chi connectivity index (χ4n) is 2.21. The van der Waals surface area contributed by atoms with Gasteiger partial charge in [-0.2, -0.15) is 0 Å². The standard InChI is InChI=1S/C19H21NO6S/c1-4-25-17-8-6-5-7-16(17)20-18(21)13(2)26-19(22)14-9-11-15(12-10-14)27(3,23)24/h5-13H,4H2,1-3H3,(H,20,21)/t13-/m1/s1. The number of anilines is 1. The van der Waals surface area contributed by atoms with E-state index in [1.54, 1.807) is 24.3 Å². The molecule has 7 nitrogen and oxygen atoms in total. The molecule has 27 heavy (non-hydrogen) atoms. The van der Waals surface area contributed by atoms with Crippen molar-refractivity contribution in [3.8, 4) is 5.75 Å². The smallest absolute Gasteiger partial charge is 0.338 e. The van der Waals surface area contributed by atoms with Crippen molar-refractivity contribution < 1.29 is 27.5 Å². The lowest BCUT2D eigenvalue weighted by atomic mass is 10.2. The number of carbonyl (C=O) groups is 2. The van der Waals surface area contributed by atoms with Crippen molar-refractivity contribution in [3.63, 3.8) is 0 Å². The fourth-order valence-corrected chi connectivity index (χ4v) is 2.84. The largest absolute Gasteiger partial charge is 0.492 e. The summed E-state index contributed by atoms with van der Waals surface area (Å²) in [6, 6.07) is 12.2. The lowest BCUT2D eigenvalue weighted by Crippen LogP contribution is -2.30. The highest BCUT2D eigenvalue weighted by Gasteiger charge is 2.20. The van der Waals surface area contributed by atoms with Gasteiger partial charge in [-0.25, -0.2) is 13.2 Å². The molecule has 1 N–H and O–H groups in total. The molecule has 0 aliphatic carbocycles. The van der Waals surface area contributed by atoms with Gasteiger partial charge in [0.25, 0.3) is 5.91 Å². The van der Waals surface area contributed by atoms with Crippen LogP contribution in [0.3, 0.4) is 0 Å². The summed E-state index contributed by atoms with van der Waals surface area (Å²) in [4.78, 5) is 24.6. The van der Waals surface area contributed by atoms with Crippen LogP contribution in [-0.2, 0) is 19.4 Å². The van der Waals surface area contributed by atoms with Gasteiger partial charge in [0.05, 0.1) is 22.8 Å². The van der Waals surface area contributed by atoms with Gasteiger partial charge < -0.3 is 14.8 Å². The number of carbonyl (C=O) groups excluding carboxylic acids is 2. The summed E-state index contributed by atoms with van der Waals surface area (Å²) in [7, 11) is -3.35. The maximum atomic E-state index is 12.3. The summed E-state index contributed by atoms with van der Waals surface area (Å²) in [5, 5.41) is 2.66. The van der Waals surface area contributed by atoms with Crippen molar-refractivity contribution in [1.29, 1.82) is 0 Å². The van der Waals surface area contributed by atoms with E-state index in [0.717, 1.165) is 6.26 Å². The highest BCUT2D eigenvalue weighted by Crippen LogP contribution is 2.24. The third-order valence-electron chi connectivity index (χ3n) is 3.62. The Balaban J connectivity index is 2.03. The van der Waals surface area contributed by atoms with Crippen LogP contribution in [0.15, 0.2) is 53.4 Å². The topological polar surface area (TPSA) is 98.8 Å². The molecule has 144 valence electrons. The van der Waals surface area contributed by atoms with E-state index in [0.29, 0.717) is 18.0 Å². The van der Waals surface area contributed by atoms with Crippen LogP contribution >= 0.6 is 0 Å². The van der Waals surface area contributed by atoms with E-state index in [4.69, 9.17) is 9.47 Å². The zero-order chi connectivity index (χ0) is 20.0. The zero-order valence-corrected chi connectivity index (χ0v) is 16.1. The molecular weight excluding hydrogens is 370 g/mol. The van der Waals surface area contributed by atoms with Crippen molar-refractivity contribution in [2.24, 2.45) is 0 Å². The van der Waals surface area contributed by atoms with Crippen molar-refractivity contribution in [1.82, 2.24) is 0 Å². The number of rotatable bonds is 7. The van der Waals surface area contributed by atoms with Gasteiger partial charge in [-0.1, -0.05) is 12.1 Å². The van der Waals surface area contributed by atoms with Crippen LogP contribution in [0.5, 0.6) is 5.75 Å². The summed E-state index contributed by atoms with van der Waals surface area (Å²) in [5.41, 5.74) is 0.626. The maximum absolute atomic E-state index is 12.3.